The third-order valence-electron chi connectivity index (χ3n) is 3.84. The number of hydrogen-bond acceptors (Lipinski definition) is 6. The Morgan fingerprint density at radius 2 is 2.29 bits per heavy atom. The lowest BCUT2D eigenvalue weighted by atomic mass is 9.98. The Balaban J connectivity index is 1.70. The van der Waals surface area contributed by atoms with E-state index in [4.69, 9.17) is 16.3 Å². The van der Waals surface area contributed by atoms with Crippen LogP contribution in [0, 0.1) is 5.92 Å². The van der Waals surface area contributed by atoms with Crippen molar-refractivity contribution in [1.29, 1.82) is 0 Å². The number of aromatic nitrogens is 1. The number of thiazole rings is 1. The van der Waals surface area contributed by atoms with Crippen molar-refractivity contribution in [3.8, 4) is 9.88 Å². The van der Waals surface area contributed by atoms with Crippen molar-refractivity contribution < 1.29 is 14.3 Å². The summed E-state index contributed by atoms with van der Waals surface area (Å²) in [5, 5.41) is 2.55. The maximum Gasteiger partial charge on any atom is 0.310 e. The van der Waals surface area contributed by atoms with E-state index in [1.54, 1.807) is 17.2 Å². The van der Waals surface area contributed by atoms with Gasteiger partial charge in [0.25, 0.3) is 5.91 Å². The number of carbonyl (C=O) groups excluding carboxylic acids is 2. The van der Waals surface area contributed by atoms with Crippen LogP contribution >= 0.6 is 34.3 Å². The van der Waals surface area contributed by atoms with E-state index in [0.29, 0.717) is 29.7 Å². The molecule has 0 aromatic carbocycles. The lowest BCUT2D eigenvalue weighted by Gasteiger charge is -2.31. The number of piperidine rings is 1. The molecule has 3 heterocycles. The maximum atomic E-state index is 12.7. The molecule has 2 aromatic heterocycles. The zero-order valence-corrected chi connectivity index (χ0v) is 15.5. The SMILES string of the molecule is CCOC(=O)C1CCCN(C(=O)c2csc(-c3ccc(Cl)s3)n2)C1. The van der Waals surface area contributed by atoms with Crippen LogP contribution in [0.4, 0.5) is 0 Å². The van der Waals surface area contributed by atoms with Crippen LogP contribution in [0.25, 0.3) is 9.88 Å². The first kappa shape index (κ1) is 17.4. The van der Waals surface area contributed by atoms with Crippen molar-refractivity contribution in [2.45, 2.75) is 19.8 Å². The Hall–Kier alpha value is -1.44. The van der Waals surface area contributed by atoms with Crippen LogP contribution in [0.2, 0.25) is 4.34 Å². The molecule has 0 aliphatic carbocycles. The van der Waals surface area contributed by atoms with Gasteiger partial charge in [-0.25, -0.2) is 4.98 Å². The van der Waals surface area contributed by atoms with Gasteiger partial charge >= 0.3 is 5.97 Å². The summed E-state index contributed by atoms with van der Waals surface area (Å²) >= 11 is 8.81. The van der Waals surface area contributed by atoms with Gasteiger partial charge in [-0.15, -0.1) is 22.7 Å². The molecule has 5 nitrogen and oxygen atoms in total. The second-order valence-corrected chi connectivity index (χ2v) is 8.06. The summed E-state index contributed by atoms with van der Waals surface area (Å²) in [5.41, 5.74) is 0.420. The average Bonchev–Trinajstić information content (AvgIpc) is 3.23. The molecule has 0 bridgehead atoms. The molecule has 1 unspecified atom stereocenters. The van der Waals surface area contributed by atoms with Gasteiger partial charge in [0.2, 0.25) is 0 Å². The molecule has 0 spiro atoms. The molecule has 24 heavy (non-hydrogen) atoms. The molecule has 1 fully saturated rings. The van der Waals surface area contributed by atoms with E-state index < -0.39 is 0 Å². The molecule has 1 aliphatic rings. The number of likely N-dealkylation sites (tertiary alicyclic amines) is 1. The van der Waals surface area contributed by atoms with E-state index in [1.807, 2.05) is 12.1 Å². The van der Waals surface area contributed by atoms with Gasteiger partial charge in [-0.05, 0) is 31.9 Å². The van der Waals surface area contributed by atoms with Crippen molar-refractivity contribution in [1.82, 2.24) is 9.88 Å². The molecular weight excluding hydrogens is 368 g/mol. The highest BCUT2D eigenvalue weighted by Crippen LogP contribution is 2.33. The Bertz CT molecular complexity index is 743. The molecular formula is C16H17ClN2O3S2. The Morgan fingerprint density at radius 3 is 3.00 bits per heavy atom. The fraction of sp³-hybridized carbons (Fsp3) is 0.438. The number of amides is 1. The van der Waals surface area contributed by atoms with E-state index in [9.17, 15) is 9.59 Å². The number of rotatable bonds is 4. The summed E-state index contributed by atoms with van der Waals surface area (Å²) in [6.45, 7) is 3.20. The highest BCUT2D eigenvalue weighted by molar-refractivity contribution is 7.23. The van der Waals surface area contributed by atoms with Crippen LogP contribution in [0.1, 0.15) is 30.3 Å². The smallest absolute Gasteiger partial charge is 0.310 e. The fourth-order valence-electron chi connectivity index (χ4n) is 2.69. The number of halogens is 1. The van der Waals surface area contributed by atoms with Crippen molar-refractivity contribution in [3.63, 3.8) is 0 Å². The van der Waals surface area contributed by atoms with Crippen molar-refractivity contribution in [2.24, 2.45) is 5.92 Å². The summed E-state index contributed by atoms with van der Waals surface area (Å²) in [6.07, 6.45) is 1.56. The molecule has 1 aliphatic heterocycles. The number of thiophene rings is 1. The van der Waals surface area contributed by atoms with Crippen LogP contribution in [0.3, 0.4) is 0 Å². The second-order valence-electron chi connectivity index (χ2n) is 5.48. The van der Waals surface area contributed by atoms with Gasteiger partial charge in [0, 0.05) is 18.5 Å². The highest BCUT2D eigenvalue weighted by atomic mass is 35.5. The Morgan fingerprint density at radius 1 is 1.46 bits per heavy atom. The Kier molecular flexibility index (Phi) is 5.53. The van der Waals surface area contributed by atoms with Crippen LogP contribution in [-0.2, 0) is 9.53 Å². The van der Waals surface area contributed by atoms with Gasteiger partial charge in [-0.2, -0.15) is 0 Å². The van der Waals surface area contributed by atoms with Crippen LogP contribution in [-0.4, -0.2) is 41.5 Å². The minimum Gasteiger partial charge on any atom is -0.466 e. The quantitative estimate of drug-likeness (QED) is 0.749. The Labute approximate surface area is 153 Å². The molecule has 1 saturated heterocycles. The number of nitrogens with zero attached hydrogens (tertiary/aromatic N) is 2. The summed E-state index contributed by atoms with van der Waals surface area (Å²) in [5.74, 6) is -0.590. The molecule has 8 heteroatoms. The largest absolute Gasteiger partial charge is 0.466 e. The summed E-state index contributed by atoms with van der Waals surface area (Å²) in [6, 6.07) is 3.72. The molecule has 1 amide bonds. The first-order valence-electron chi connectivity index (χ1n) is 7.75. The third kappa shape index (κ3) is 3.79. The molecule has 128 valence electrons. The topological polar surface area (TPSA) is 59.5 Å². The van der Waals surface area contributed by atoms with E-state index in [0.717, 1.165) is 22.7 Å². The van der Waals surface area contributed by atoms with Crippen molar-refractivity contribution in [3.05, 3.63) is 27.5 Å². The second kappa shape index (κ2) is 7.63. The van der Waals surface area contributed by atoms with Crippen LogP contribution in [0.15, 0.2) is 17.5 Å². The highest BCUT2D eigenvalue weighted by Gasteiger charge is 2.30. The monoisotopic (exact) mass is 384 g/mol. The minimum absolute atomic E-state index is 0.130. The number of esters is 1. The van der Waals surface area contributed by atoms with Gasteiger partial charge in [0.15, 0.2) is 0 Å². The molecule has 0 N–H and O–H groups in total. The minimum atomic E-state index is -0.239. The predicted molar refractivity (Wildman–Crippen MR) is 95.7 cm³/mol. The van der Waals surface area contributed by atoms with E-state index in [1.165, 1.54) is 22.7 Å². The molecule has 3 rings (SSSR count). The van der Waals surface area contributed by atoms with Gasteiger partial charge in [-0.3, -0.25) is 9.59 Å². The van der Waals surface area contributed by atoms with E-state index in [-0.39, 0.29) is 17.8 Å². The molecule has 0 saturated carbocycles. The summed E-state index contributed by atoms with van der Waals surface area (Å²) < 4.78 is 5.77. The van der Waals surface area contributed by atoms with Gasteiger partial charge < -0.3 is 9.64 Å². The van der Waals surface area contributed by atoms with Gasteiger partial charge in [-0.1, -0.05) is 11.6 Å². The summed E-state index contributed by atoms with van der Waals surface area (Å²) in [7, 11) is 0. The normalized spacial score (nSPS) is 17.8. The maximum absolute atomic E-state index is 12.7. The average molecular weight is 385 g/mol. The van der Waals surface area contributed by atoms with Crippen molar-refractivity contribution in [2.75, 3.05) is 19.7 Å². The lowest BCUT2D eigenvalue weighted by Crippen LogP contribution is -2.42. The lowest BCUT2D eigenvalue weighted by molar-refractivity contribution is -0.149. The summed E-state index contributed by atoms with van der Waals surface area (Å²) in [4.78, 5) is 31.7. The standard InChI is InChI=1S/C16H17ClN2O3S2/c1-2-22-16(21)10-4-3-7-19(8-10)15(20)11-9-23-14(18-11)12-5-6-13(17)24-12/h5-6,9-10H,2-4,7-8H2,1H3. The predicted octanol–water partition coefficient (Wildman–Crippen LogP) is 3.94. The van der Waals surface area contributed by atoms with E-state index in [2.05, 4.69) is 4.98 Å². The van der Waals surface area contributed by atoms with Crippen LogP contribution in [0.5, 0.6) is 0 Å². The molecule has 1 atom stereocenters. The molecule has 0 radical (unpaired) electrons. The zero-order valence-electron chi connectivity index (χ0n) is 13.2. The number of carbonyl (C=O) groups is 2. The first-order valence-corrected chi connectivity index (χ1v) is 9.83. The number of hydrogen-bond donors (Lipinski definition) is 0. The zero-order chi connectivity index (χ0) is 17.1. The van der Waals surface area contributed by atoms with Crippen molar-refractivity contribution >= 4 is 46.2 Å². The molecule has 2 aromatic rings. The van der Waals surface area contributed by atoms with Crippen LogP contribution < -0.4 is 0 Å². The van der Waals surface area contributed by atoms with E-state index >= 15 is 0 Å². The first-order chi connectivity index (χ1) is 11.6. The fourth-order valence-corrected chi connectivity index (χ4v) is 4.60. The number of ether oxygens (including phenoxy) is 1. The van der Waals surface area contributed by atoms with Gasteiger partial charge in [0.1, 0.15) is 10.7 Å². The third-order valence-corrected chi connectivity index (χ3v) is 6.08. The van der Waals surface area contributed by atoms with Gasteiger partial charge in [0.05, 0.1) is 21.7 Å².